The fraction of sp³-hybridized carbons (Fsp3) is 0.571. The highest BCUT2D eigenvalue weighted by atomic mass is 35.5. The summed E-state index contributed by atoms with van der Waals surface area (Å²) in [6.45, 7) is 6.10. The molecule has 1 saturated heterocycles. The molecule has 1 aromatic rings. The fourth-order valence-corrected chi connectivity index (χ4v) is 4.39. The van der Waals surface area contributed by atoms with E-state index in [1.54, 1.807) is 9.80 Å². The second kappa shape index (κ2) is 7.95. The van der Waals surface area contributed by atoms with E-state index in [1.807, 2.05) is 0 Å². The van der Waals surface area contributed by atoms with Gasteiger partial charge in [0.25, 0.3) is 0 Å². The third-order valence-electron chi connectivity index (χ3n) is 3.96. The second-order valence-electron chi connectivity index (χ2n) is 5.81. The lowest BCUT2D eigenvalue weighted by Gasteiger charge is -2.27. The highest BCUT2D eigenvalue weighted by Crippen LogP contribution is 2.21. The normalized spacial score (nSPS) is 22.7. The van der Waals surface area contributed by atoms with E-state index in [4.69, 9.17) is 23.2 Å². The van der Waals surface area contributed by atoms with E-state index in [-0.39, 0.29) is 4.90 Å². The van der Waals surface area contributed by atoms with Crippen molar-refractivity contribution in [2.45, 2.75) is 11.3 Å². The molecule has 8 heteroatoms. The Morgan fingerprint density at radius 3 is 2.27 bits per heavy atom. The molecule has 0 spiro atoms. The summed E-state index contributed by atoms with van der Waals surface area (Å²) in [5.41, 5.74) is 0. The maximum absolute atomic E-state index is 12.2. The molecule has 0 aromatic heterocycles. The summed E-state index contributed by atoms with van der Waals surface area (Å²) in [6, 6.07) is 4.33. The zero-order valence-electron chi connectivity index (χ0n) is 12.7. The largest absolute Gasteiger partial charge is 0.328 e. The summed E-state index contributed by atoms with van der Waals surface area (Å²) in [5, 5.41) is 0.634. The molecule has 0 amide bonds. The van der Waals surface area contributed by atoms with Gasteiger partial charge in [-0.05, 0) is 18.2 Å². The van der Waals surface area contributed by atoms with Crippen molar-refractivity contribution in [1.82, 2.24) is 4.72 Å². The molecule has 0 radical (unpaired) electrons. The number of likely N-dealkylation sites (N-methyl/N-ethyl adjacent to an activating group) is 1. The first-order valence-corrected chi connectivity index (χ1v) is 9.71. The van der Waals surface area contributed by atoms with E-state index < -0.39 is 10.0 Å². The molecule has 0 unspecified atom stereocenters. The van der Waals surface area contributed by atoms with Gasteiger partial charge < -0.3 is 9.80 Å². The lowest BCUT2D eigenvalue weighted by molar-refractivity contribution is -1.00. The fourth-order valence-electron chi connectivity index (χ4n) is 2.59. The van der Waals surface area contributed by atoms with Gasteiger partial charge in [0.15, 0.2) is 0 Å². The van der Waals surface area contributed by atoms with Crippen molar-refractivity contribution in [2.24, 2.45) is 0 Å². The van der Waals surface area contributed by atoms with Crippen molar-refractivity contribution >= 4 is 33.2 Å². The standard InChI is InChI=1S/C14H21Cl2N3O2S/c1-18-5-7-19(8-6-18)4-2-3-17-22(20,21)14-10-12(15)9-13(16)11-14/h9-11,17H,2-8H2,1H3/p+2. The van der Waals surface area contributed by atoms with Crippen LogP contribution in [0.4, 0.5) is 0 Å². The van der Waals surface area contributed by atoms with Gasteiger partial charge in [0.05, 0.1) is 18.5 Å². The first kappa shape index (κ1) is 18.0. The Morgan fingerprint density at radius 2 is 1.68 bits per heavy atom. The van der Waals surface area contributed by atoms with Crippen molar-refractivity contribution in [1.29, 1.82) is 0 Å². The number of rotatable bonds is 6. The molecule has 0 aliphatic carbocycles. The molecule has 1 aromatic carbocycles. The topological polar surface area (TPSA) is 55.1 Å². The van der Waals surface area contributed by atoms with Crippen LogP contribution in [0, 0.1) is 0 Å². The highest BCUT2D eigenvalue weighted by molar-refractivity contribution is 7.89. The van der Waals surface area contributed by atoms with Crippen LogP contribution in [-0.2, 0) is 10.0 Å². The molecular formula is C14H23Cl2N3O2S+2. The minimum atomic E-state index is -3.55. The Morgan fingerprint density at radius 1 is 1.09 bits per heavy atom. The van der Waals surface area contributed by atoms with Crippen LogP contribution in [0.25, 0.3) is 0 Å². The van der Waals surface area contributed by atoms with Gasteiger partial charge in [-0.1, -0.05) is 23.2 Å². The van der Waals surface area contributed by atoms with Gasteiger partial charge in [-0.3, -0.25) is 0 Å². The zero-order chi connectivity index (χ0) is 16.2. The average molecular weight is 368 g/mol. The number of hydrogen-bond acceptors (Lipinski definition) is 2. The maximum atomic E-state index is 12.2. The molecule has 1 fully saturated rings. The lowest BCUT2D eigenvalue weighted by atomic mass is 10.3. The summed E-state index contributed by atoms with van der Waals surface area (Å²) < 4.78 is 27.0. The third-order valence-corrected chi connectivity index (χ3v) is 5.83. The number of hydrogen-bond donors (Lipinski definition) is 3. The molecular weight excluding hydrogens is 345 g/mol. The molecule has 0 bridgehead atoms. The van der Waals surface area contributed by atoms with Gasteiger partial charge >= 0.3 is 0 Å². The van der Waals surface area contributed by atoms with Crippen LogP contribution in [0.5, 0.6) is 0 Å². The zero-order valence-corrected chi connectivity index (χ0v) is 15.0. The van der Waals surface area contributed by atoms with E-state index >= 15 is 0 Å². The van der Waals surface area contributed by atoms with Gasteiger partial charge in [-0.15, -0.1) is 0 Å². The smallest absolute Gasteiger partial charge is 0.240 e. The summed E-state index contributed by atoms with van der Waals surface area (Å²) in [6.07, 6.45) is 0.821. The molecule has 124 valence electrons. The Kier molecular flexibility index (Phi) is 6.49. The molecule has 5 nitrogen and oxygen atoms in total. The Hall–Kier alpha value is -0.370. The van der Waals surface area contributed by atoms with Crippen LogP contribution in [0.1, 0.15) is 6.42 Å². The Balaban J connectivity index is 1.80. The van der Waals surface area contributed by atoms with Crippen LogP contribution in [0.2, 0.25) is 10.0 Å². The molecule has 2 rings (SSSR count). The van der Waals surface area contributed by atoms with Crippen molar-refractivity contribution < 1.29 is 18.2 Å². The quantitative estimate of drug-likeness (QED) is 0.569. The Bertz CT molecular complexity index is 582. The monoisotopic (exact) mass is 367 g/mol. The second-order valence-corrected chi connectivity index (χ2v) is 8.45. The molecule has 1 aliphatic heterocycles. The van der Waals surface area contributed by atoms with Crippen molar-refractivity contribution in [3.05, 3.63) is 28.2 Å². The summed E-state index contributed by atoms with van der Waals surface area (Å²) in [4.78, 5) is 3.23. The first-order chi connectivity index (χ1) is 10.4. The predicted molar refractivity (Wildman–Crippen MR) is 88.5 cm³/mol. The average Bonchev–Trinajstić information content (AvgIpc) is 2.44. The van der Waals surface area contributed by atoms with Gasteiger partial charge in [-0.25, -0.2) is 13.1 Å². The molecule has 22 heavy (non-hydrogen) atoms. The maximum Gasteiger partial charge on any atom is 0.240 e. The molecule has 0 saturated carbocycles. The van der Waals surface area contributed by atoms with Crippen LogP contribution < -0.4 is 14.5 Å². The van der Waals surface area contributed by atoms with Gasteiger partial charge in [0.2, 0.25) is 10.0 Å². The minimum absolute atomic E-state index is 0.112. The molecule has 0 atom stereocenters. The van der Waals surface area contributed by atoms with Gasteiger partial charge in [0, 0.05) is 23.0 Å². The number of piperazine rings is 1. The lowest BCUT2D eigenvalue weighted by Crippen LogP contribution is -3.27. The molecule has 1 aliphatic rings. The van der Waals surface area contributed by atoms with Crippen LogP contribution in [-0.4, -0.2) is 54.7 Å². The summed E-state index contributed by atoms with van der Waals surface area (Å²) >= 11 is 11.7. The predicted octanol–water partition coefficient (Wildman–Crippen LogP) is -0.925. The summed E-state index contributed by atoms with van der Waals surface area (Å²) in [5.74, 6) is 0. The number of sulfonamides is 1. The van der Waals surface area contributed by atoms with Crippen molar-refractivity contribution in [3.63, 3.8) is 0 Å². The van der Waals surface area contributed by atoms with Crippen LogP contribution in [0.15, 0.2) is 23.1 Å². The van der Waals surface area contributed by atoms with E-state index in [0.29, 0.717) is 16.6 Å². The summed E-state index contributed by atoms with van der Waals surface area (Å²) in [7, 11) is -1.34. The molecule has 3 N–H and O–H groups in total. The number of halogens is 2. The van der Waals surface area contributed by atoms with Gasteiger partial charge in [0.1, 0.15) is 26.2 Å². The third kappa shape index (κ3) is 5.37. The number of nitrogens with one attached hydrogen (secondary N) is 3. The molecule has 1 heterocycles. The van der Waals surface area contributed by atoms with E-state index in [1.165, 1.54) is 31.3 Å². The van der Waals surface area contributed by atoms with E-state index in [9.17, 15) is 8.42 Å². The van der Waals surface area contributed by atoms with Crippen LogP contribution in [0.3, 0.4) is 0 Å². The first-order valence-electron chi connectivity index (χ1n) is 7.47. The number of benzene rings is 1. The van der Waals surface area contributed by atoms with Crippen molar-refractivity contribution in [3.8, 4) is 0 Å². The SMILES string of the molecule is C[NH+]1CC[NH+](CCCNS(=O)(=O)c2cc(Cl)cc(Cl)c2)CC1. The van der Waals surface area contributed by atoms with E-state index in [0.717, 1.165) is 26.1 Å². The van der Waals surface area contributed by atoms with Gasteiger partial charge in [-0.2, -0.15) is 0 Å². The minimum Gasteiger partial charge on any atom is -0.328 e. The van der Waals surface area contributed by atoms with E-state index in [2.05, 4.69) is 11.8 Å². The Labute approximate surface area is 142 Å². The van der Waals surface area contributed by atoms with Crippen molar-refractivity contribution in [2.75, 3.05) is 46.3 Å². The van der Waals surface area contributed by atoms with Crippen LogP contribution >= 0.6 is 23.2 Å². The highest BCUT2D eigenvalue weighted by Gasteiger charge is 2.20. The number of quaternary nitrogens is 2.